The lowest BCUT2D eigenvalue weighted by Crippen LogP contribution is -2.50. The molecule has 0 radical (unpaired) electrons. The fourth-order valence-electron chi connectivity index (χ4n) is 6.71. The van der Waals surface area contributed by atoms with Gasteiger partial charge in [-0.15, -0.1) is 0 Å². The van der Waals surface area contributed by atoms with E-state index in [2.05, 4.69) is 69.2 Å². The van der Waals surface area contributed by atoms with Crippen LogP contribution in [0.2, 0.25) is 0 Å². The molecule has 0 aromatic heterocycles. The summed E-state index contributed by atoms with van der Waals surface area (Å²) in [6.07, 6.45) is 6.94. The van der Waals surface area contributed by atoms with Crippen molar-refractivity contribution in [3.63, 3.8) is 0 Å². The minimum atomic E-state index is 0.803. The van der Waals surface area contributed by atoms with E-state index in [4.69, 9.17) is 0 Å². The Labute approximate surface area is 160 Å². The normalized spacial score (nSPS) is 36.0. The molecule has 0 spiro atoms. The smallest absolute Gasteiger partial charge is 0.0324 e. The molecule has 1 aliphatic rings. The van der Waals surface area contributed by atoms with Gasteiger partial charge in [-0.2, -0.15) is 0 Å². The largest absolute Gasteiger partial charge is 0.0654 e. The van der Waals surface area contributed by atoms with Crippen molar-refractivity contribution in [3.8, 4) is 0 Å². The van der Waals surface area contributed by atoms with Gasteiger partial charge in [0, 0.05) is 0 Å². The van der Waals surface area contributed by atoms with E-state index in [1.54, 1.807) is 0 Å². The highest BCUT2D eigenvalue weighted by atomic mass is 14.5. The Morgan fingerprint density at radius 2 is 1.12 bits per heavy atom. The summed E-state index contributed by atoms with van der Waals surface area (Å²) in [5.41, 5.74) is 0. The van der Waals surface area contributed by atoms with Crippen LogP contribution in [0.4, 0.5) is 0 Å². The molecule has 0 aromatic carbocycles. The molecule has 0 aromatic rings. The molecule has 0 aliphatic heterocycles. The molecule has 1 aliphatic carbocycles. The van der Waals surface area contributed by atoms with Crippen LogP contribution in [0.3, 0.4) is 0 Å². The second kappa shape index (κ2) is 10.4. The van der Waals surface area contributed by atoms with Crippen molar-refractivity contribution in [1.29, 1.82) is 0 Å². The molecule has 150 valence electrons. The molecule has 0 N–H and O–H groups in total. The molecular weight excluding hydrogens is 300 g/mol. The Morgan fingerprint density at radius 3 is 1.52 bits per heavy atom. The third-order valence-corrected chi connectivity index (χ3v) is 8.53. The van der Waals surface area contributed by atoms with E-state index in [-0.39, 0.29) is 0 Å². The molecule has 0 nitrogen and oxygen atoms in total. The SMILES string of the molecule is CCCC(CCC)C1C(C)C(C)C(C(C)C(C)C)C(C(C)CC)C1C. The number of hydrogen-bond acceptors (Lipinski definition) is 0. The van der Waals surface area contributed by atoms with Crippen molar-refractivity contribution in [1.82, 2.24) is 0 Å². The molecule has 8 atom stereocenters. The summed E-state index contributed by atoms with van der Waals surface area (Å²) >= 11 is 0. The van der Waals surface area contributed by atoms with Gasteiger partial charge in [-0.05, 0) is 59.2 Å². The molecule has 1 fully saturated rings. The summed E-state index contributed by atoms with van der Waals surface area (Å²) in [4.78, 5) is 0. The van der Waals surface area contributed by atoms with Crippen LogP contribution in [-0.4, -0.2) is 0 Å². The van der Waals surface area contributed by atoms with Crippen molar-refractivity contribution < 1.29 is 0 Å². The third kappa shape index (κ3) is 5.04. The van der Waals surface area contributed by atoms with Crippen LogP contribution < -0.4 is 0 Å². The molecule has 0 heterocycles. The van der Waals surface area contributed by atoms with Crippen molar-refractivity contribution in [3.05, 3.63) is 0 Å². The van der Waals surface area contributed by atoms with Crippen molar-refractivity contribution in [2.75, 3.05) is 0 Å². The molecule has 25 heavy (non-hydrogen) atoms. The van der Waals surface area contributed by atoms with E-state index in [0.717, 1.165) is 59.2 Å². The molecule has 0 amide bonds. The van der Waals surface area contributed by atoms with Gasteiger partial charge in [-0.3, -0.25) is 0 Å². The summed E-state index contributed by atoms with van der Waals surface area (Å²) in [7, 11) is 0. The van der Waals surface area contributed by atoms with Gasteiger partial charge in [0.25, 0.3) is 0 Å². The first-order valence-electron chi connectivity index (χ1n) is 11.7. The van der Waals surface area contributed by atoms with Crippen LogP contribution in [0.15, 0.2) is 0 Å². The predicted octanol–water partition coefficient (Wildman–Crippen LogP) is 8.31. The molecule has 0 heteroatoms. The first-order valence-corrected chi connectivity index (χ1v) is 11.7. The third-order valence-electron chi connectivity index (χ3n) is 8.53. The molecule has 8 unspecified atom stereocenters. The predicted molar refractivity (Wildman–Crippen MR) is 115 cm³/mol. The molecule has 1 saturated carbocycles. The van der Waals surface area contributed by atoms with Gasteiger partial charge in [0.2, 0.25) is 0 Å². The first kappa shape index (κ1) is 23.0. The van der Waals surface area contributed by atoms with Crippen LogP contribution in [0.5, 0.6) is 0 Å². The van der Waals surface area contributed by atoms with Crippen LogP contribution in [0.1, 0.15) is 101 Å². The highest BCUT2D eigenvalue weighted by molar-refractivity contribution is 4.98. The maximum Gasteiger partial charge on any atom is -0.0324 e. The zero-order chi connectivity index (χ0) is 19.3. The van der Waals surface area contributed by atoms with E-state index in [9.17, 15) is 0 Å². The maximum atomic E-state index is 2.64. The minimum absolute atomic E-state index is 0.803. The quantitative estimate of drug-likeness (QED) is 0.392. The van der Waals surface area contributed by atoms with Gasteiger partial charge < -0.3 is 0 Å². The lowest BCUT2D eigenvalue weighted by Gasteiger charge is -2.56. The van der Waals surface area contributed by atoms with Gasteiger partial charge in [0.1, 0.15) is 0 Å². The van der Waals surface area contributed by atoms with E-state index >= 15 is 0 Å². The lowest BCUT2D eigenvalue weighted by atomic mass is 9.49. The zero-order valence-electron chi connectivity index (χ0n) is 19.3. The second-order valence-electron chi connectivity index (χ2n) is 10.1. The standard InChI is InChI=1S/C25H50/c1-11-14-22(15-12-2)24-19(8)20(9)25(18(7)16(4)5)23(21(24)10)17(6)13-3/h16-25H,11-15H2,1-10H3. The number of rotatable bonds is 9. The molecular formula is C25H50. The van der Waals surface area contributed by atoms with Crippen molar-refractivity contribution >= 4 is 0 Å². The van der Waals surface area contributed by atoms with Crippen LogP contribution >= 0.6 is 0 Å². The van der Waals surface area contributed by atoms with Crippen molar-refractivity contribution in [2.45, 2.75) is 101 Å². The Morgan fingerprint density at radius 1 is 0.640 bits per heavy atom. The highest BCUT2D eigenvalue weighted by Gasteiger charge is 2.50. The number of hydrogen-bond donors (Lipinski definition) is 0. The Bertz CT molecular complexity index is 351. The highest BCUT2D eigenvalue weighted by Crippen LogP contribution is 2.55. The summed E-state index contributed by atoms with van der Waals surface area (Å²) in [6.45, 7) is 25.1. The Hall–Kier alpha value is 0. The average molecular weight is 351 g/mol. The van der Waals surface area contributed by atoms with Gasteiger partial charge in [0.15, 0.2) is 0 Å². The zero-order valence-corrected chi connectivity index (χ0v) is 19.3. The monoisotopic (exact) mass is 350 g/mol. The van der Waals surface area contributed by atoms with Crippen molar-refractivity contribution in [2.24, 2.45) is 59.2 Å². The summed E-state index contributed by atoms with van der Waals surface area (Å²) in [5.74, 6) is 8.84. The van der Waals surface area contributed by atoms with E-state index in [1.807, 2.05) is 0 Å². The lowest BCUT2D eigenvalue weighted by molar-refractivity contribution is -0.0786. The molecule has 0 bridgehead atoms. The van der Waals surface area contributed by atoms with Gasteiger partial charge in [-0.25, -0.2) is 0 Å². The van der Waals surface area contributed by atoms with E-state index in [1.165, 1.54) is 32.1 Å². The minimum Gasteiger partial charge on any atom is -0.0654 e. The van der Waals surface area contributed by atoms with E-state index < -0.39 is 0 Å². The topological polar surface area (TPSA) is 0 Å². The summed E-state index contributed by atoms with van der Waals surface area (Å²) < 4.78 is 0. The fourth-order valence-corrected chi connectivity index (χ4v) is 6.71. The van der Waals surface area contributed by atoms with Gasteiger partial charge in [-0.1, -0.05) is 101 Å². The van der Waals surface area contributed by atoms with Crippen LogP contribution in [0.25, 0.3) is 0 Å². The molecule has 0 saturated heterocycles. The Kier molecular flexibility index (Phi) is 9.55. The maximum absolute atomic E-state index is 2.64. The van der Waals surface area contributed by atoms with Gasteiger partial charge >= 0.3 is 0 Å². The second-order valence-corrected chi connectivity index (χ2v) is 10.1. The summed E-state index contributed by atoms with van der Waals surface area (Å²) in [5, 5.41) is 0. The Balaban J connectivity index is 3.25. The molecule has 1 rings (SSSR count). The average Bonchev–Trinajstić information content (AvgIpc) is 2.57. The van der Waals surface area contributed by atoms with Crippen LogP contribution in [-0.2, 0) is 0 Å². The summed E-state index contributed by atoms with van der Waals surface area (Å²) in [6, 6.07) is 0. The fraction of sp³-hybridized carbons (Fsp3) is 1.00. The van der Waals surface area contributed by atoms with Crippen LogP contribution in [0, 0.1) is 59.2 Å². The first-order chi connectivity index (χ1) is 11.7. The van der Waals surface area contributed by atoms with E-state index in [0.29, 0.717) is 0 Å². The van der Waals surface area contributed by atoms with Gasteiger partial charge in [0.05, 0.1) is 0 Å².